The fraction of sp³-hybridized carbons (Fsp3) is 0.909. The number of nitrogens with one attached hydrogen (secondary N) is 3. The molecule has 1 aliphatic rings. The van der Waals surface area contributed by atoms with Crippen LogP contribution in [0.25, 0.3) is 0 Å². The Morgan fingerprint density at radius 2 is 1.67 bits per heavy atom. The smallest absolute Gasteiger partial charge is 0.174 e. The van der Waals surface area contributed by atoms with Crippen LogP contribution < -0.4 is 15.5 Å². The van der Waals surface area contributed by atoms with E-state index in [9.17, 15) is 0 Å². The van der Waals surface area contributed by atoms with Crippen LogP contribution in [-0.2, 0) is 0 Å². The molecule has 0 aromatic rings. The molecule has 0 saturated carbocycles. The van der Waals surface area contributed by atoms with E-state index in [1.54, 1.807) is 4.90 Å². The molecule has 0 radical (unpaired) electrons. The van der Waals surface area contributed by atoms with Gasteiger partial charge in [0, 0.05) is 0 Å². The summed E-state index contributed by atoms with van der Waals surface area (Å²) in [5, 5.41) is 7.16. The van der Waals surface area contributed by atoms with Crippen molar-refractivity contribution >= 4 is 17.3 Å². The first kappa shape index (κ1) is 12.7. The molecule has 0 spiro atoms. The number of thiocarbonyl (C=S) groups is 1. The van der Waals surface area contributed by atoms with E-state index in [-0.39, 0.29) is 0 Å². The van der Waals surface area contributed by atoms with Crippen LogP contribution in [0.5, 0.6) is 0 Å². The second-order valence-electron chi connectivity index (χ2n) is 4.30. The Bertz CT molecular complexity index is 175. The lowest BCUT2D eigenvalue weighted by atomic mass is 10.1. The Kier molecular flexibility index (Phi) is 6.68. The lowest BCUT2D eigenvalue weighted by molar-refractivity contribution is -0.906. The van der Waals surface area contributed by atoms with Gasteiger partial charge in [0.2, 0.25) is 0 Å². The molecule has 0 aromatic carbocycles. The SMILES string of the molecule is CCCCCCCC[NH+]1CNC(=S)NC1. The zero-order valence-corrected chi connectivity index (χ0v) is 10.6. The summed E-state index contributed by atoms with van der Waals surface area (Å²) in [4.78, 5) is 1.57. The topological polar surface area (TPSA) is 28.5 Å². The Morgan fingerprint density at radius 1 is 1.07 bits per heavy atom. The van der Waals surface area contributed by atoms with Crippen LogP contribution in [0.4, 0.5) is 0 Å². The van der Waals surface area contributed by atoms with E-state index < -0.39 is 0 Å². The minimum atomic E-state index is 0.807. The molecule has 1 rings (SSSR count). The van der Waals surface area contributed by atoms with Gasteiger partial charge in [-0.3, -0.25) is 0 Å². The van der Waals surface area contributed by atoms with Crippen LogP contribution >= 0.6 is 12.2 Å². The quantitative estimate of drug-likeness (QED) is 0.442. The lowest BCUT2D eigenvalue weighted by Crippen LogP contribution is -3.17. The third kappa shape index (κ3) is 5.95. The van der Waals surface area contributed by atoms with Crippen LogP contribution in [0, 0.1) is 0 Å². The molecular formula is C11H24N3S+. The molecule has 0 amide bonds. The van der Waals surface area contributed by atoms with E-state index in [1.807, 2.05) is 0 Å². The molecular weight excluding hydrogens is 206 g/mol. The molecule has 3 N–H and O–H groups in total. The third-order valence-electron chi connectivity index (χ3n) is 2.88. The maximum absolute atomic E-state index is 5.01. The summed E-state index contributed by atoms with van der Waals surface area (Å²) in [6.07, 6.45) is 8.27. The van der Waals surface area contributed by atoms with E-state index in [2.05, 4.69) is 17.6 Å². The van der Waals surface area contributed by atoms with Crippen LogP contribution in [0.2, 0.25) is 0 Å². The van der Waals surface area contributed by atoms with Crippen LogP contribution in [0.1, 0.15) is 45.4 Å². The first-order chi connectivity index (χ1) is 7.33. The monoisotopic (exact) mass is 230 g/mol. The van der Waals surface area contributed by atoms with Gasteiger partial charge in [-0.1, -0.05) is 32.6 Å². The zero-order chi connectivity index (χ0) is 10.9. The van der Waals surface area contributed by atoms with Gasteiger partial charge < -0.3 is 15.5 Å². The van der Waals surface area contributed by atoms with Crippen molar-refractivity contribution in [2.75, 3.05) is 19.9 Å². The third-order valence-corrected chi connectivity index (χ3v) is 3.17. The number of hydrogen-bond acceptors (Lipinski definition) is 1. The highest BCUT2D eigenvalue weighted by Crippen LogP contribution is 2.03. The van der Waals surface area contributed by atoms with Gasteiger partial charge in [-0.2, -0.15) is 0 Å². The first-order valence-electron chi connectivity index (χ1n) is 6.18. The number of rotatable bonds is 7. The molecule has 88 valence electrons. The van der Waals surface area contributed by atoms with E-state index in [0.29, 0.717) is 0 Å². The van der Waals surface area contributed by atoms with E-state index >= 15 is 0 Å². The summed E-state index contributed by atoms with van der Waals surface area (Å²) >= 11 is 5.01. The van der Waals surface area contributed by atoms with Gasteiger partial charge in [-0.05, 0) is 25.1 Å². The normalized spacial score (nSPS) is 17.3. The largest absolute Gasteiger partial charge is 0.316 e. The number of quaternary nitrogens is 1. The van der Waals surface area contributed by atoms with Gasteiger partial charge in [0.25, 0.3) is 0 Å². The summed E-state index contributed by atoms with van der Waals surface area (Å²) < 4.78 is 0. The predicted molar refractivity (Wildman–Crippen MR) is 67.8 cm³/mol. The summed E-state index contributed by atoms with van der Waals surface area (Å²) in [6.45, 7) is 5.49. The molecule has 0 bridgehead atoms. The highest BCUT2D eigenvalue weighted by molar-refractivity contribution is 7.80. The molecule has 3 nitrogen and oxygen atoms in total. The molecule has 0 unspecified atom stereocenters. The van der Waals surface area contributed by atoms with Crippen molar-refractivity contribution in [1.29, 1.82) is 0 Å². The van der Waals surface area contributed by atoms with E-state index in [0.717, 1.165) is 18.4 Å². The summed E-state index contributed by atoms with van der Waals surface area (Å²) in [6, 6.07) is 0. The van der Waals surface area contributed by atoms with Gasteiger partial charge in [-0.15, -0.1) is 0 Å². The van der Waals surface area contributed by atoms with Crippen molar-refractivity contribution in [2.24, 2.45) is 0 Å². The summed E-state index contributed by atoms with van der Waals surface area (Å²) in [5.74, 6) is 0. The van der Waals surface area contributed by atoms with Gasteiger partial charge in [0.15, 0.2) is 18.4 Å². The zero-order valence-electron chi connectivity index (χ0n) is 9.77. The lowest BCUT2D eigenvalue weighted by Gasteiger charge is -2.26. The van der Waals surface area contributed by atoms with Crippen molar-refractivity contribution in [2.45, 2.75) is 45.4 Å². The molecule has 0 aromatic heterocycles. The molecule has 4 heteroatoms. The van der Waals surface area contributed by atoms with Crippen molar-refractivity contribution in [1.82, 2.24) is 10.6 Å². The van der Waals surface area contributed by atoms with Gasteiger partial charge in [-0.25, -0.2) is 0 Å². The molecule has 1 heterocycles. The minimum Gasteiger partial charge on any atom is -0.316 e. The van der Waals surface area contributed by atoms with Gasteiger partial charge in [0.05, 0.1) is 6.54 Å². The standard InChI is InChI=1S/C11H23N3S/c1-2-3-4-5-6-7-8-14-9-12-11(15)13-10-14/h2-10H2,1H3,(H2,12,13,15)/p+1. The second kappa shape index (κ2) is 7.88. The highest BCUT2D eigenvalue weighted by Gasteiger charge is 2.13. The first-order valence-corrected chi connectivity index (χ1v) is 6.59. The maximum atomic E-state index is 5.01. The fourth-order valence-corrected chi connectivity index (χ4v) is 2.01. The Labute approximate surface area is 98.6 Å². The molecule has 1 fully saturated rings. The average molecular weight is 230 g/mol. The van der Waals surface area contributed by atoms with Crippen LogP contribution in [0.15, 0.2) is 0 Å². The van der Waals surface area contributed by atoms with Gasteiger partial charge >= 0.3 is 0 Å². The Balaban J connectivity index is 1.89. The molecule has 1 saturated heterocycles. The molecule has 0 aliphatic carbocycles. The summed E-state index contributed by atoms with van der Waals surface area (Å²) in [7, 11) is 0. The van der Waals surface area contributed by atoms with Crippen LogP contribution in [0.3, 0.4) is 0 Å². The summed E-state index contributed by atoms with van der Waals surface area (Å²) in [5.41, 5.74) is 0. The Morgan fingerprint density at radius 3 is 2.33 bits per heavy atom. The van der Waals surface area contributed by atoms with E-state index in [1.165, 1.54) is 45.1 Å². The fourth-order valence-electron chi connectivity index (χ4n) is 1.87. The highest BCUT2D eigenvalue weighted by atomic mass is 32.1. The van der Waals surface area contributed by atoms with Crippen molar-refractivity contribution in [3.8, 4) is 0 Å². The van der Waals surface area contributed by atoms with Crippen LogP contribution in [-0.4, -0.2) is 25.0 Å². The maximum Gasteiger partial charge on any atom is 0.174 e. The van der Waals surface area contributed by atoms with Crippen molar-refractivity contribution in [3.05, 3.63) is 0 Å². The predicted octanol–water partition coefficient (Wildman–Crippen LogP) is 0.625. The minimum absolute atomic E-state index is 0.807. The van der Waals surface area contributed by atoms with Gasteiger partial charge in [0.1, 0.15) is 0 Å². The molecule has 15 heavy (non-hydrogen) atoms. The second-order valence-corrected chi connectivity index (χ2v) is 4.71. The number of unbranched alkanes of at least 4 members (excludes halogenated alkanes) is 5. The Hall–Kier alpha value is -0.350. The van der Waals surface area contributed by atoms with Crippen molar-refractivity contribution in [3.63, 3.8) is 0 Å². The average Bonchev–Trinajstić information content (AvgIpc) is 2.26. The molecule has 1 aliphatic heterocycles. The van der Waals surface area contributed by atoms with Crippen molar-refractivity contribution < 1.29 is 4.90 Å². The van der Waals surface area contributed by atoms with E-state index in [4.69, 9.17) is 12.2 Å². The number of hydrogen-bond donors (Lipinski definition) is 3. The molecule has 0 atom stereocenters.